The molecule has 5 aromatic rings. The van der Waals surface area contributed by atoms with Gasteiger partial charge >= 0.3 is 0 Å². The number of anilines is 1. The van der Waals surface area contributed by atoms with E-state index in [1.165, 1.54) is 0 Å². The highest BCUT2D eigenvalue weighted by molar-refractivity contribution is 7.17. The summed E-state index contributed by atoms with van der Waals surface area (Å²) in [5.41, 5.74) is 9.65. The highest BCUT2D eigenvalue weighted by atomic mass is 32.1. The third kappa shape index (κ3) is 1.97. The predicted octanol–water partition coefficient (Wildman–Crippen LogP) is 3.47. The predicted molar refractivity (Wildman–Crippen MR) is 92.4 cm³/mol. The number of H-pyrrole nitrogens is 1. The Morgan fingerprint density at radius 2 is 2.12 bits per heavy atom. The van der Waals surface area contributed by atoms with Crippen molar-refractivity contribution in [2.24, 2.45) is 0 Å². The van der Waals surface area contributed by atoms with Gasteiger partial charge in [-0.1, -0.05) is 5.16 Å². The van der Waals surface area contributed by atoms with Crippen LogP contribution in [-0.4, -0.2) is 25.3 Å². The number of nitrogens with two attached hydrogens (primary N) is 1. The van der Waals surface area contributed by atoms with Crippen LogP contribution in [0.2, 0.25) is 0 Å². The molecule has 0 aliphatic rings. The molecule has 0 aliphatic heterocycles. The maximum atomic E-state index is 5.78. The summed E-state index contributed by atoms with van der Waals surface area (Å²) < 4.78 is 6.48. The molecule has 0 amide bonds. The third-order valence-corrected chi connectivity index (χ3v) is 4.63. The van der Waals surface area contributed by atoms with Crippen LogP contribution >= 0.6 is 11.3 Å². The zero-order valence-electron chi connectivity index (χ0n) is 12.2. The molecule has 0 atom stereocenters. The molecule has 5 rings (SSSR count). The lowest BCUT2D eigenvalue weighted by Crippen LogP contribution is -1.84. The van der Waals surface area contributed by atoms with Crippen LogP contribution in [0.5, 0.6) is 0 Å². The number of nitrogens with zero attached hydrogens (tertiary/aromatic N) is 4. The van der Waals surface area contributed by atoms with E-state index < -0.39 is 0 Å². The second-order valence-corrected chi connectivity index (χ2v) is 6.28. The van der Waals surface area contributed by atoms with Crippen LogP contribution in [-0.2, 0) is 0 Å². The minimum atomic E-state index is 0.354. The van der Waals surface area contributed by atoms with E-state index in [9.17, 15) is 0 Å². The largest absolute Gasteiger partial charge is 0.399 e. The smallest absolute Gasteiger partial charge is 0.279 e. The standard InChI is InChI=1S/C16H10N6OS/c17-9-1-2-10-12(6-9)20-21-14(10)16-19-15(22-23-16)8-5-13-11(18-7-8)3-4-24-13/h1-7H,17H2,(H,20,21). The SMILES string of the molecule is Nc1ccc2c(-c3nc(-c4cnc5ccsc5c4)no3)n[nH]c2c1. The van der Waals surface area contributed by atoms with Crippen molar-refractivity contribution in [2.75, 3.05) is 5.73 Å². The summed E-state index contributed by atoms with van der Waals surface area (Å²) in [7, 11) is 0. The summed E-state index contributed by atoms with van der Waals surface area (Å²) in [5, 5.41) is 14.1. The minimum absolute atomic E-state index is 0.354. The molecular weight excluding hydrogens is 324 g/mol. The van der Waals surface area contributed by atoms with E-state index in [-0.39, 0.29) is 0 Å². The average Bonchev–Trinajstić information content (AvgIpc) is 3.32. The first-order valence-electron chi connectivity index (χ1n) is 7.19. The van der Waals surface area contributed by atoms with Crippen LogP contribution < -0.4 is 5.73 Å². The molecule has 0 saturated carbocycles. The lowest BCUT2D eigenvalue weighted by molar-refractivity contribution is 0.431. The van der Waals surface area contributed by atoms with Gasteiger partial charge in [0.25, 0.3) is 5.89 Å². The topological polar surface area (TPSA) is 107 Å². The van der Waals surface area contributed by atoms with Crippen molar-refractivity contribution in [3.8, 4) is 23.0 Å². The fourth-order valence-electron chi connectivity index (χ4n) is 2.61. The van der Waals surface area contributed by atoms with Gasteiger partial charge in [-0.05, 0) is 35.7 Å². The van der Waals surface area contributed by atoms with E-state index in [0.29, 0.717) is 23.1 Å². The molecule has 116 valence electrons. The number of rotatable bonds is 2. The van der Waals surface area contributed by atoms with Crippen LogP contribution in [0.15, 0.2) is 46.4 Å². The van der Waals surface area contributed by atoms with Crippen LogP contribution in [0.4, 0.5) is 5.69 Å². The Kier molecular flexibility index (Phi) is 2.68. The molecule has 1 aromatic carbocycles. The van der Waals surface area contributed by atoms with Gasteiger partial charge in [-0.15, -0.1) is 11.3 Å². The van der Waals surface area contributed by atoms with Gasteiger partial charge in [0.2, 0.25) is 5.82 Å². The van der Waals surface area contributed by atoms with E-state index in [1.807, 2.05) is 35.7 Å². The average molecular weight is 334 g/mol. The normalized spacial score (nSPS) is 11.5. The van der Waals surface area contributed by atoms with E-state index >= 15 is 0 Å². The molecule has 8 heteroatoms. The molecule has 0 fully saturated rings. The Labute approximate surface area is 139 Å². The molecule has 24 heavy (non-hydrogen) atoms. The Morgan fingerprint density at radius 3 is 3.08 bits per heavy atom. The molecule has 0 unspecified atom stereocenters. The van der Waals surface area contributed by atoms with E-state index in [0.717, 1.165) is 26.7 Å². The second-order valence-electron chi connectivity index (χ2n) is 5.33. The zero-order valence-corrected chi connectivity index (χ0v) is 13.0. The Balaban J connectivity index is 1.60. The van der Waals surface area contributed by atoms with Gasteiger partial charge in [0.05, 0.1) is 15.7 Å². The molecule has 0 radical (unpaired) electrons. The molecule has 4 aromatic heterocycles. The number of hydrogen-bond acceptors (Lipinski definition) is 7. The van der Waals surface area contributed by atoms with E-state index in [2.05, 4.69) is 25.3 Å². The van der Waals surface area contributed by atoms with E-state index in [4.69, 9.17) is 10.3 Å². The van der Waals surface area contributed by atoms with Gasteiger partial charge in [-0.2, -0.15) is 10.1 Å². The first-order valence-corrected chi connectivity index (χ1v) is 8.07. The van der Waals surface area contributed by atoms with Crippen LogP contribution in [0.3, 0.4) is 0 Å². The van der Waals surface area contributed by atoms with Gasteiger partial charge in [-0.3, -0.25) is 10.1 Å². The van der Waals surface area contributed by atoms with Crippen molar-refractivity contribution < 1.29 is 4.52 Å². The second kappa shape index (κ2) is 4.87. The highest BCUT2D eigenvalue weighted by Gasteiger charge is 2.17. The maximum Gasteiger partial charge on any atom is 0.279 e. The lowest BCUT2D eigenvalue weighted by atomic mass is 10.2. The van der Waals surface area contributed by atoms with Crippen molar-refractivity contribution >= 4 is 38.1 Å². The monoisotopic (exact) mass is 334 g/mol. The first-order chi connectivity index (χ1) is 11.8. The Bertz CT molecular complexity index is 1190. The van der Waals surface area contributed by atoms with Crippen LogP contribution in [0, 0.1) is 0 Å². The Morgan fingerprint density at radius 1 is 1.17 bits per heavy atom. The summed E-state index contributed by atoms with van der Waals surface area (Å²) in [6.07, 6.45) is 1.74. The summed E-state index contributed by atoms with van der Waals surface area (Å²) >= 11 is 1.63. The molecule has 0 aliphatic carbocycles. The van der Waals surface area contributed by atoms with E-state index in [1.54, 1.807) is 17.5 Å². The number of thiophene rings is 1. The molecule has 0 spiro atoms. The van der Waals surface area contributed by atoms with Gasteiger partial charge in [-0.25, -0.2) is 0 Å². The zero-order chi connectivity index (χ0) is 16.1. The summed E-state index contributed by atoms with van der Waals surface area (Å²) in [6.45, 7) is 0. The van der Waals surface area contributed by atoms with Crippen molar-refractivity contribution in [2.45, 2.75) is 0 Å². The number of fused-ring (bicyclic) bond motifs is 2. The van der Waals surface area contributed by atoms with Gasteiger partial charge in [0, 0.05) is 22.8 Å². The Hall–Kier alpha value is -3.26. The first kappa shape index (κ1) is 13.2. The van der Waals surface area contributed by atoms with Crippen molar-refractivity contribution in [1.82, 2.24) is 25.3 Å². The number of hydrogen-bond donors (Lipinski definition) is 2. The van der Waals surface area contributed by atoms with Crippen molar-refractivity contribution in [3.05, 3.63) is 41.9 Å². The van der Waals surface area contributed by atoms with Gasteiger partial charge in [0.15, 0.2) is 5.69 Å². The molecule has 0 saturated heterocycles. The summed E-state index contributed by atoms with van der Waals surface area (Å²) in [5.74, 6) is 0.840. The summed E-state index contributed by atoms with van der Waals surface area (Å²) in [6, 6.07) is 9.50. The van der Waals surface area contributed by atoms with Crippen LogP contribution in [0.1, 0.15) is 0 Å². The number of aromatic amines is 1. The third-order valence-electron chi connectivity index (χ3n) is 3.78. The molecule has 0 bridgehead atoms. The van der Waals surface area contributed by atoms with Crippen molar-refractivity contribution in [3.63, 3.8) is 0 Å². The fraction of sp³-hybridized carbons (Fsp3) is 0. The number of nitrogens with one attached hydrogen (secondary N) is 1. The number of aromatic nitrogens is 5. The summed E-state index contributed by atoms with van der Waals surface area (Å²) in [4.78, 5) is 8.86. The molecule has 7 nitrogen and oxygen atoms in total. The van der Waals surface area contributed by atoms with Crippen molar-refractivity contribution in [1.29, 1.82) is 0 Å². The number of pyridine rings is 1. The highest BCUT2D eigenvalue weighted by Crippen LogP contribution is 2.29. The fourth-order valence-corrected chi connectivity index (χ4v) is 3.39. The lowest BCUT2D eigenvalue weighted by Gasteiger charge is -1.94. The molecular formula is C16H10N6OS. The molecule has 3 N–H and O–H groups in total. The minimum Gasteiger partial charge on any atom is -0.399 e. The van der Waals surface area contributed by atoms with Crippen LogP contribution in [0.25, 0.3) is 44.1 Å². The van der Waals surface area contributed by atoms with Gasteiger partial charge < -0.3 is 10.3 Å². The number of benzene rings is 1. The van der Waals surface area contributed by atoms with Gasteiger partial charge in [0.1, 0.15) is 0 Å². The quantitative estimate of drug-likeness (QED) is 0.479. The maximum absolute atomic E-state index is 5.78. The number of nitrogen functional groups attached to an aromatic ring is 1. The molecule has 4 heterocycles.